The fourth-order valence-corrected chi connectivity index (χ4v) is 6.72. The fraction of sp³-hybridized carbons (Fsp3) is 0.500. The van der Waals surface area contributed by atoms with Crippen molar-refractivity contribution < 1.29 is 0 Å². The zero-order chi connectivity index (χ0) is 18.7. The van der Waals surface area contributed by atoms with Gasteiger partial charge in [-0.2, -0.15) is 0 Å². The second-order valence-corrected chi connectivity index (χ2v) is 10.5. The lowest BCUT2D eigenvalue weighted by molar-refractivity contribution is 0.793. The molecule has 1 heteroatoms. The lowest BCUT2D eigenvalue weighted by Crippen LogP contribution is -2.34. The molecule has 0 nitrogen and oxygen atoms in total. The van der Waals surface area contributed by atoms with Crippen molar-refractivity contribution in [3.8, 4) is 0 Å². The van der Waals surface area contributed by atoms with Gasteiger partial charge >= 0.3 is 0 Å². The first-order valence-electron chi connectivity index (χ1n) is 9.97. The standard InChI is InChI=1S/C24H36Si/c1-15(2)19-11-9-13-21(23(19)17(5)6)25-22-14-10-12-20(16(3)4)24(22)18(7)8/h9-18H,25H2,1-8H3. The highest BCUT2D eigenvalue weighted by molar-refractivity contribution is 6.68. The summed E-state index contributed by atoms with van der Waals surface area (Å²) in [6, 6.07) is 14.0. The second-order valence-electron chi connectivity index (χ2n) is 8.64. The van der Waals surface area contributed by atoms with Gasteiger partial charge in [0.2, 0.25) is 0 Å². The van der Waals surface area contributed by atoms with Crippen molar-refractivity contribution in [1.29, 1.82) is 0 Å². The van der Waals surface area contributed by atoms with Crippen molar-refractivity contribution in [2.24, 2.45) is 0 Å². The Bertz CT molecular complexity index is 647. The third kappa shape index (κ3) is 4.44. The lowest BCUT2D eigenvalue weighted by Gasteiger charge is -2.23. The minimum absolute atomic E-state index is 0.484. The molecular formula is C24H36Si. The summed E-state index contributed by atoms with van der Waals surface area (Å²) in [6.07, 6.45) is 0. The highest BCUT2D eigenvalue weighted by Crippen LogP contribution is 2.26. The van der Waals surface area contributed by atoms with E-state index in [2.05, 4.69) is 91.8 Å². The van der Waals surface area contributed by atoms with Crippen LogP contribution in [0.15, 0.2) is 36.4 Å². The van der Waals surface area contributed by atoms with Gasteiger partial charge in [0.1, 0.15) is 0 Å². The van der Waals surface area contributed by atoms with Crippen molar-refractivity contribution in [2.75, 3.05) is 0 Å². The summed E-state index contributed by atoms with van der Waals surface area (Å²) < 4.78 is 0. The van der Waals surface area contributed by atoms with Gasteiger partial charge in [-0.05, 0) is 45.9 Å². The first-order valence-corrected chi connectivity index (χ1v) is 11.4. The molecule has 136 valence electrons. The van der Waals surface area contributed by atoms with Crippen molar-refractivity contribution in [3.63, 3.8) is 0 Å². The average Bonchev–Trinajstić information content (AvgIpc) is 2.53. The molecule has 0 amide bonds. The summed E-state index contributed by atoms with van der Waals surface area (Å²) in [5, 5.41) is 3.29. The summed E-state index contributed by atoms with van der Waals surface area (Å²) in [7, 11) is -0.484. The summed E-state index contributed by atoms with van der Waals surface area (Å²) in [6.45, 7) is 18.7. The maximum Gasteiger partial charge on any atom is 0.0882 e. The van der Waals surface area contributed by atoms with E-state index in [1.165, 1.54) is 0 Å². The molecule has 2 rings (SSSR count). The number of hydrogen-bond acceptors (Lipinski definition) is 0. The number of hydrogen-bond donors (Lipinski definition) is 0. The van der Waals surface area contributed by atoms with Crippen LogP contribution in [0.3, 0.4) is 0 Å². The molecule has 0 unspecified atom stereocenters. The molecule has 0 heterocycles. The second kappa shape index (κ2) is 8.36. The van der Waals surface area contributed by atoms with Gasteiger partial charge in [-0.15, -0.1) is 0 Å². The van der Waals surface area contributed by atoms with Crippen LogP contribution in [-0.4, -0.2) is 9.52 Å². The van der Waals surface area contributed by atoms with E-state index in [9.17, 15) is 0 Å². The van der Waals surface area contributed by atoms with E-state index >= 15 is 0 Å². The summed E-state index contributed by atoms with van der Waals surface area (Å²) in [4.78, 5) is 0. The van der Waals surface area contributed by atoms with Crippen LogP contribution >= 0.6 is 0 Å². The van der Waals surface area contributed by atoms with Gasteiger partial charge in [-0.1, -0.05) is 102 Å². The van der Waals surface area contributed by atoms with Crippen LogP contribution < -0.4 is 10.4 Å². The van der Waals surface area contributed by atoms with Crippen LogP contribution in [0.25, 0.3) is 0 Å². The molecule has 2 aromatic carbocycles. The summed E-state index contributed by atoms with van der Waals surface area (Å²) in [5.41, 5.74) is 6.33. The van der Waals surface area contributed by atoms with E-state index in [1.54, 1.807) is 32.6 Å². The van der Waals surface area contributed by atoms with Crippen molar-refractivity contribution in [2.45, 2.75) is 79.1 Å². The Morgan fingerprint density at radius 3 is 1.16 bits per heavy atom. The van der Waals surface area contributed by atoms with Gasteiger partial charge in [0.15, 0.2) is 0 Å². The van der Waals surface area contributed by atoms with Crippen LogP contribution in [0, 0.1) is 0 Å². The van der Waals surface area contributed by atoms with E-state index in [-0.39, 0.29) is 0 Å². The van der Waals surface area contributed by atoms with Crippen molar-refractivity contribution in [3.05, 3.63) is 58.7 Å². The normalized spacial score (nSPS) is 12.0. The van der Waals surface area contributed by atoms with Gasteiger partial charge in [0.05, 0.1) is 9.52 Å². The van der Waals surface area contributed by atoms with E-state index in [1.807, 2.05) is 0 Å². The number of rotatable bonds is 6. The van der Waals surface area contributed by atoms with Crippen molar-refractivity contribution >= 4 is 19.9 Å². The SMILES string of the molecule is CC(C)c1cccc([SiH2]c2cccc(C(C)C)c2C(C)C)c1C(C)C. The zero-order valence-corrected chi connectivity index (χ0v) is 18.9. The van der Waals surface area contributed by atoms with E-state index in [4.69, 9.17) is 0 Å². The summed E-state index contributed by atoms with van der Waals surface area (Å²) >= 11 is 0. The Hall–Kier alpha value is -1.34. The predicted molar refractivity (Wildman–Crippen MR) is 117 cm³/mol. The Labute approximate surface area is 157 Å². The van der Waals surface area contributed by atoms with Gasteiger partial charge in [0.25, 0.3) is 0 Å². The molecule has 0 bridgehead atoms. The Morgan fingerprint density at radius 2 is 0.880 bits per heavy atom. The minimum Gasteiger partial charge on any atom is -0.0630 e. The van der Waals surface area contributed by atoms with E-state index < -0.39 is 9.52 Å². The summed E-state index contributed by atoms with van der Waals surface area (Å²) in [5.74, 6) is 2.38. The largest absolute Gasteiger partial charge is 0.0882 e. The first-order chi connectivity index (χ1) is 11.7. The molecule has 0 aliphatic rings. The van der Waals surface area contributed by atoms with Crippen LogP contribution in [0.5, 0.6) is 0 Å². The third-order valence-corrected chi connectivity index (χ3v) is 7.23. The lowest BCUT2D eigenvalue weighted by atomic mass is 9.90. The zero-order valence-electron chi connectivity index (χ0n) is 17.5. The monoisotopic (exact) mass is 352 g/mol. The van der Waals surface area contributed by atoms with Gasteiger partial charge in [-0.25, -0.2) is 0 Å². The van der Waals surface area contributed by atoms with Gasteiger partial charge < -0.3 is 0 Å². The molecule has 0 saturated heterocycles. The molecule has 0 aliphatic carbocycles. The third-order valence-electron chi connectivity index (χ3n) is 5.24. The van der Waals surface area contributed by atoms with Crippen LogP contribution in [0.2, 0.25) is 0 Å². The number of benzene rings is 2. The first kappa shape index (κ1) is 20.0. The average molecular weight is 353 g/mol. The Balaban J connectivity index is 2.58. The predicted octanol–water partition coefficient (Wildman–Crippen LogP) is 5.30. The molecule has 0 aliphatic heterocycles. The molecule has 0 fully saturated rings. The molecule has 2 aromatic rings. The fourth-order valence-electron chi connectivity index (χ4n) is 4.19. The molecule has 25 heavy (non-hydrogen) atoms. The van der Waals surface area contributed by atoms with Crippen LogP contribution in [0.1, 0.15) is 101 Å². The molecule has 0 atom stereocenters. The molecule has 0 radical (unpaired) electrons. The minimum atomic E-state index is -0.484. The maximum absolute atomic E-state index is 2.40. The van der Waals surface area contributed by atoms with Gasteiger partial charge in [-0.3, -0.25) is 0 Å². The van der Waals surface area contributed by atoms with Gasteiger partial charge in [0, 0.05) is 0 Å². The van der Waals surface area contributed by atoms with E-state index in [0.29, 0.717) is 23.7 Å². The Kier molecular flexibility index (Phi) is 6.68. The van der Waals surface area contributed by atoms with Crippen molar-refractivity contribution in [1.82, 2.24) is 0 Å². The topological polar surface area (TPSA) is 0 Å². The van der Waals surface area contributed by atoms with E-state index in [0.717, 1.165) is 0 Å². The van der Waals surface area contributed by atoms with Crippen LogP contribution in [0.4, 0.5) is 0 Å². The molecular weight excluding hydrogens is 316 g/mol. The van der Waals surface area contributed by atoms with Crippen LogP contribution in [-0.2, 0) is 0 Å². The highest BCUT2D eigenvalue weighted by atomic mass is 28.2. The molecule has 0 aromatic heterocycles. The smallest absolute Gasteiger partial charge is 0.0630 e. The molecule has 0 saturated carbocycles. The highest BCUT2D eigenvalue weighted by Gasteiger charge is 2.18. The molecule has 0 N–H and O–H groups in total. The maximum atomic E-state index is 2.40. The quantitative estimate of drug-likeness (QED) is 0.619. The Morgan fingerprint density at radius 1 is 0.520 bits per heavy atom. The molecule has 0 spiro atoms.